The van der Waals surface area contributed by atoms with Gasteiger partial charge in [0, 0.05) is 55.9 Å². The van der Waals surface area contributed by atoms with Crippen LogP contribution in [0.3, 0.4) is 0 Å². The number of aromatic nitrogens is 5. The van der Waals surface area contributed by atoms with E-state index in [-0.39, 0.29) is 24.7 Å². The summed E-state index contributed by atoms with van der Waals surface area (Å²) in [6.45, 7) is 5.73. The van der Waals surface area contributed by atoms with Crippen LogP contribution in [0.15, 0.2) is 30.3 Å². The normalized spacial score (nSPS) is 16.4. The number of rotatable bonds is 5. The first kappa shape index (κ1) is 24.7. The van der Waals surface area contributed by atoms with Gasteiger partial charge in [-0.1, -0.05) is 19.4 Å². The number of nitrogens with zero attached hydrogens (tertiary/aromatic N) is 8. The molecule has 0 amide bonds. The maximum Gasteiger partial charge on any atom is 0.451 e. The Bertz CT molecular complexity index is 1460. The smallest absolute Gasteiger partial charge is 0.451 e. The molecule has 0 atom stereocenters. The summed E-state index contributed by atoms with van der Waals surface area (Å²) in [5, 5.41) is 18.0. The number of hydrogen-bond acceptors (Lipinski definition) is 9. The van der Waals surface area contributed by atoms with Crippen LogP contribution < -0.4 is 14.7 Å². The van der Waals surface area contributed by atoms with E-state index in [1.807, 2.05) is 17.0 Å². The second kappa shape index (κ2) is 9.61. The van der Waals surface area contributed by atoms with Gasteiger partial charge in [-0.15, -0.1) is 21.5 Å². The summed E-state index contributed by atoms with van der Waals surface area (Å²) in [6, 6.07) is 9.35. The van der Waals surface area contributed by atoms with Crippen molar-refractivity contribution in [2.75, 3.05) is 47.4 Å². The molecule has 0 saturated carbocycles. The average molecular weight is 545 g/mol. The van der Waals surface area contributed by atoms with Crippen molar-refractivity contribution in [2.24, 2.45) is 0 Å². The molecule has 1 saturated heterocycles. The van der Waals surface area contributed by atoms with Crippen molar-refractivity contribution in [3.8, 4) is 5.75 Å². The van der Waals surface area contributed by atoms with E-state index in [1.54, 1.807) is 23.5 Å². The minimum atomic E-state index is -4.54. The summed E-state index contributed by atoms with van der Waals surface area (Å²) < 4.78 is 41.2. The molecule has 0 unspecified atom stereocenters. The number of phenolic OH excluding ortho intramolecular Hbond substituents is 1. The first-order valence-corrected chi connectivity index (χ1v) is 13.5. The van der Waals surface area contributed by atoms with E-state index in [0.717, 1.165) is 52.2 Å². The Balaban J connectivity index is 1.30. The summed E-state index contributed by atoms with van der Waals surface area (Å²) in [7, 11) is 0. The first-order chi connectivity index (χ1) is 18.3. The van der Waals surface area contributed by atoms with Gasteiger partial charge in [0.25, 0.3) is 0 Å². The summed E-state index contributed by atoms with van der Waals surface area (Å²) in [4.78, 5) is 18.3. The Hall–Kier alpha value is -3.61. The molecule has 0 spiro atoms. The standard InChI is InChI=1S/C25H27F3N8OS/c1-2-4-18-14-19-21(35-11-12-36-20(15-35)31-32-23(36)25(26,27)28)29-24(30-22(19)38-18)34-9-7-33(8-10-34)16-5-3-6-17(37)13-16/h3,5-6,13-14,37H,2,4,7-12,15H2,1H3. The molecule has 4 aromatic rings. The highest BCUT2D eigenvalue weighted by molar-refractivity contribution is 7.18. The molecule has 1 fully saturated rings. The Labute approximate surface area is 221 Å². The minimum absolute atomic E-state index is 0.132. The summed E-state index contributed by atoms with van der Waals surface area (Å²) in [6.07, 6.45) is -2.60. The van der Waals surface area contributed by atoms with E-state index in [0.29, 0.717) is 25.6 Å². The highest BCUT2D eigenvalue weighted by Crippen LogP contribution is 2.36. The number of thiophene rings is 1. The van der Waals surface area contributed by atoms with Crippen LogP contribution in [0.4, 0.5) is 30.6 Å². The van der Waals surface area contributed by atoms with Gasteiger partial charge in [-0.3, -0.25) is 0 Å². The topological polar surface area (TPSA) is 86.4 Å². The molecular weight excluding hydrogens is 517 g/mol. The molecule has 6 rings (SSSR count). The van der Waals surface area contributed by atoms with Crippen molar-refractivity contribution >= 4 is 39.0 Å². The van der Waals surface area contributed by atoms with Crippen molar-refractivity contribution in [1.29, 1.82) is 0 Å². The fraction of sp³-hybridized carbons (Fsp3) is 0.440. The number of fused-ring (bicyclic) bond motifs is 2. The van der Waals surface area contributed by atoms with Gasteiger partial charge in [-0.05, 0) is 24.6 Å². The molecule has 2 aliphatic heterocycles. The monoisotopic (exact) mass is 544 g/mol. The van der Waals surface area contributed by atoms with Crippen LogP contribution in [0.1, 0.15) is 29.9 Å². The molecule has 13 heteroatoms. The number of halogens is 3. The van der Waals surface area contributed by atoms with Crippen molar-refractivity contribution in [3.63, 3.8) is 0 Å². The summed E-state index contributed by atoms with van der Waals surface area (Å²) >= 11 is 1.65. The molecule has 200 valence electrons. The molecule has 0 aliphatic carbocycles. The largest absolute Gasteiger partial charge is 0.508 e. The first-order valence-electron chi connectivity index (χ1n) is 12.6. The third-order valence-corrected chi connectivity index (χ3v) is 8.06. The lowest BCUT2D eigenvalue weighted by molar-refractivity contribution is -0.147. The lowest BCUT2D eigenvalue weighted by Gasteiger charge is -2.36. The predicted molar refractivity (Wildman–Crippen MR) is 140 cm³/mol. The van der Waals surface area contributed by atoms with Crippen molar-refractivity contribution in [3.05, 3.63) is 46.9 Å². The molecule has 1 N–H and O–H groups in total. The maximum absolute atomic E-state index is 13.3. The van der Waals surface area contributed by atoms with Crippen LogP contribution in [-0.2, 0) is 25.7 Å². The Kier molecular flexibility index (Phi) is 6.25. The lowest BCUT2D eigenvalue weighted by atomic mass is 10.2. The Morgan fingerprint density at radius 1 is 0.947 bits per heavy atom. The zero-order valence-electron chi connectivity index (χ0n) is 20.8. The van der Waals surface area contributed by atoms with E-state index < -0.39 is 12.0 Å². The zero-order chi connectivity index (χ0) is 26.4. The predicted octanol–water partition coefficient (Wildman–Crippen LogP) is 4.31. The lowest BCUT2D eigenvalue weighted by Crippen LogP contribution is -2.47. The number of benzene rings is 1. The van der Waals surface area contributed by atoms with E-state index in [4.69, 9.17) is 9.97 Å². The van der Waals surface area contributed by atoms with Crippen LogP contribution in [0.2, 0.25) is 0 Å². The Morgan fingerprint density at radius 2 is 1.71 bits per heavy atom. The van der Waals surface area contributed by atoms with Gasteiger partial charge in [0.1, 0.15) is 16.4 Å². The molecule has 3 aromatic heterocycles. The van der Waals surface area contributed by atoms with Crippen LogP contribution in [0.5, 0.6) is 5.75 Å². The summed E-state index contributed by atoms with van der Waals surface area (Å²) in [5.74, 6) is 0.910. The van der Waals surface area contributed by atoms with Crippen molar-refractivity contribution in [2.45, 2.75) is 39.0 Å². The second-order valence-corrected chi connectivity index (χ2v) is 10.6. The minimum Gasteiger partial charge on any atom is -0.508 e. The van der Waals surface area contributed by atoms with Gasteiger partial charge in [-0.2, -0.15) is 18.2 Å². The number of piperazine rings is 1. The van der Waals surface area contributed by atoms with Gasteiger partial charge in [0.2, 0.25) is 11.8 Å². The van der Waals surface area contributed by atoms with E-state index in [2.05, 4.69) is 33.0 Å². The van der Waals surface area contributed by atoms with Crippen LogP contribution in [-0.4, -0.2) is 62.6 Å². The fourth-order valence-electron chi connectivity index (χ4n) is 5.10. The third kappa shape index (κ3) is 4.59. The highest BCUT2D eigenvalue weighted by atomic mass is 32.1. The molecule has 9 nitrogen and oxygen atoms in total. The molecule has 2 aliphatic rings. The van der Waals surface area contributed by atoms with Crippen LogP contribution in [0.25, 0.3) is 10.2 Å². The van der Waals surface area contributed by atoms with Gasteiger partial charge in [0.15, 0.2) is 5.82 Å². The molecule has 0 bridgehead atoms. The Morgan fingerprint density at radius 3 is 2.45 bits per heavy atom. The average Bonchev–Trinajstić information content (AvgIpc) is 3.52. The molecular formula is C25H27F3N8OS. The van der Waals surface area contributed by atoms with E-state index >= 15 is 0 Å². The van der Waals surface area contributed by atoms with Crippen LogP contribution >= 0.6 is 11.3 Å². The third-order valence-electron chi connectivity index (χ3n) is 6.97. The number of aryl methyl sites for hydroxylation is 1. The molecule has 1 aromatic carbocycles. The number of alkyl halides is 3. The number of anilines is 3. The van der Waals surface area contributed by atoms with Gasteiger partial charge in [-0.25, -0.2) is 4.98 Å². The van der Waals surface area contributed by atoms with E-state index in [1.165, 1.54) is 4.88 Å². The van der Waals surface area contributed by atoms with Crippen LogP contribution in [0, 0.1) is 0 Å². The molecule has 5 heterocycles. The zero-order valence-corrected chi connectivity index (χ0v) is 21.6. The maximum atomic E-state index is 13.3. The number of phenols is 1. The second-order valence-electron chi connectivity index (χ2n) is 9.53. The van der Waals surface area contributed by atoms with Crippen molar-refractivity contribution < 1.29 is 18.3 Å². The SMILES string of the molecule is CCCc1cc2c(N3CCn4c(nnc4C(F)(F)F)C3)nc(N3CCN(c4cccc(O)c4)CC3)nc2s1. The number of aromatic hydroxyl groups is 1. The van der Waals surface area contributed by atoms with Gasteiger partial charge >= 0.3 is 6.18 Å². The van der Waals surface area contributed by atoms with Gasteiger partial charge in [0.05, 0.1) is 11.9 Å². The summed E-state index contributed by atoms with van der Waals surface area (Å²) in [5.41, 5.74) is 0.972. The number of hydrogen-bond donors (Lipinski definition) is 1. The van der Waals surface area contributed by atoms with E-state index in [9.17, 15) is 18.3 Å². The molecule has 38 heavy (non-hydrogen) atoms. The molecule has 0 radical (unpaired) electrons. The highest BCUT2D eigenvalue weighted by Gasteiger charge is 2.40. The quantitative estimate of drug-likeness (QED) is 0.398. The van der Waals surface area contributed by atoms with Crippen molar-refractivity contribution in [1.82, 2.24) is 24.7 Å². The fourth-order valence-corrected chi connectivity index (χ4v) is 6.22. The van der Waals surface area contributed by atoms with Gasteiger partial charge < -0.3 is 24.4 Å².